The summed E-state index contributed by atoms with van der Waals surface area (Å²) in [6, 6.07) is 11.1. The number of aromatic carboxylic acids is 1. The fraction of sp³-hybridized carbons (Fsp3) is 0. The molecule has 3 rings (SSSR count). The molecule has 0 amide bonds. The predicted molar refractivity (Wildman–Crippen MR) is 82.9 cm³/mol. The third-order valence-corrected chi connectivity index (χ3v) is 3.23. The van der Waals surface area contributed by atoms with Crippen molar-refractivity contribution >= 4 is 5.97 Å². The smallest absolute Gasteiger partial charge is 0.335 e. The molecule has 5 heteroatoms. The van der Waals surface area contributed by atoms with E-state index < -0.39 is 11.8 Å². The van der Waals surface area contributed by atoms with Crippen molar-refractivity contribution in [1.82, 2.24) is 9.55 Å². The van der Waals surface area contributed by atoms with E-state index in [0.29, 0.717) is 0 Å². The Hall–Kier alpha value is -3.39. The summed E-state index contributed by atoms with van der Waals surface area (Å²) in [5.74, 6) is 3.76. The average Bonchev–Trinajstić information content (AvgIpc) is 3.08. The van der Waals surface area contributed by atoms with Crippen LogP contribution in [0.4, 0.5) is 4.39 Å². The standard InChI is InChI=1S/C18H11FN2O2/c19-17-11-15(18(22)23)6-5-14(17)4-1-13-2-7-16(8-3-13)21-10-9-20-12-21/h2-3,5-12H,(H,22,23). The van der Waals surface area contributed by atoms with E-state index in [1.807, 2.05) is 35.0 Å². The van der Waals surface area contributed by atoms with Gasteiger partial charge in [-0.1, -0.05) is 11.8 Å². The van der Waals surface area contributed by atoms with Gasteiger partial charge in [-0.05, 0) is 42.5 Å². The molecular formula is C18H11FN2O2. The molecule has 112 valence electrons. The maximum atomic E-state index is 13.8. The minimum absolute atomic E-state index is 0.0993. The molecule has 1 aromatic heterocycles. The number of halogens is 1. The first-order valence-electron chi connectivity index (χ1n) is 6.77. The number of carbonyl (C=O) groups is 1. The van der Waals surface area contributed by atoms with E-state index in [2.05, 4.69) is 16.8 Å². The lowest BCUT2D eigenvalue weighted by molar-refractivity contribution is 0.0696. The second kappa shape index (κ2) is 6.16. The zero-order valence-corrected chi connectivity index (χ0v) is 11.9. The second-order valence-corrected chi connectivity index (χ2v) is 4.77. The number of hydrogen-bond acceptors (Lipinski definition) is 2. The first kappa shape index (κ1) is 14.5. The maximum Gasteiger partial charge on any atom is 0.335 e. The molecule has 2 aromatic carbocycles. The molecule has 0 fully saturated rings. The van der Waals surface area contributed by atoms with Crippen LogP contribution in [0.3, 0.4) is 0 Å². The van der Waals surface area contributed by atoms with Crippen LogP contribution in [0.5, 0.6) is 0 Å². The molecule has 0 unspecified atom stereocenters. The maximum absolute atomic E-state index is 13.8. The first-order chi connectivity index (χ1) is 11.1. The lowest BCUT2D eigenvalue weighted by atomic mass is 10.1. The molecule has 23 heavy (non-hydrogen) atoms. The van der Waals surface area contributed by atoms with E-state index in [1.54, 1.807) is 12.5 Å². The molecule has 0 spiro atoms. The predicted octanol–water partition coefficient (Wildman–Crippen LogP) is 3.11. The van der Waals surface area contributed by atoms with Crippen LogP contribution >= 0.6 is 0 Å². The van der Waals surface area contributed by atoms with Crippen LogP contribution in [0.2, 0.25) is 0 Å². The topological polar surface area (TPSA) is 55.1 Å². The van der Waals surface area contributed by atoms with E-state index in [1.165, 1.54) is 12.1 Å². The number of carboxylic acid groups (broad SMARTS) is 1. The summed E-state index contributed by atoms with van der Waals surface area (Å²) < 4.78 is 15.6. The van der Waals surface area contributed by atoms with Crippen molar-refractivity contribution in [2.45, 2.75) is 0 Å². The van der Waals surface area contributed by atoms with Crippen molar-refractivity contribution in [3.63, 3.8) is 0 Å². The van der Waals surface area contributed by atoms with E-state index in [-0.39, 0.29) is 11.1 Å². The Bertz CT molecular complexity index is 904. The Morgan fingerprint density at radius 3 is 2.52 bits per heavy atom. The van der Waals surface area contributed by atoms with Gasteiger partial charge in [0.1, 0.15) is 5.82 Å². The first-order valence-corrected chi connectivity index (χ1v) is 6.77. The molecule has 0 radical (unpaired) electrons. The molecular weight excluding hydrogens is 295 g/mol. The van der Waals surface area contributed by atoms with Gasteiger partial charge < -0.3 is 9.67 Å². The number of carboxylic acids is 1. The number of imidazole rings is 1. The average molecular weight is 306 g/mol. The van der Waals surface area contributed by atoms with Gasteiger partial charge in [0.05, 0.1) is 17.5 Å². The normalized spacial score (nSPS) is 9.96. The highest BCUT2D eigenvalue weighted by molar-refractivity contribution is 5.87. The molecule has 1 N–H and O–H groups in total. The number of rotatable bonds is 2. The Morgan fingerprint density at radius 1 is 1.13 bits per heavy atom. The Balaban J connectivity index is 1.83. The zero-order chi connectivity index (χ0) is 16.2. The summed E-state index contributed by atoms with van der Waals surface area (Å²) in [4.78, 5) is 14.7. The fourth-order valence-electron chi connectivity index (χ4n) is 2.02. The number of nitrogens with zero attached hydrogens (tertiary/aromatic N) is 2. The summed E-state index contributed by atoms with van der Waals surface area (Å²) >= 11 is 0. The van der Waals surface area contributed by atoms with Crippen molar-refractivity contribution in [3.8, 4) is 17.5 Å². The van der Waals surface area contributed by atoms with E-state index in [0.717, 1.165) is 17.3 Å². The molecule has 0 aliphatic carbocycles. The van der Waals surface area contributed by atoms with Crippen LogP contribution < -0.4 is 0 Å². The molecule has 0 aliphatic rings. The van der Waals surface area contributed by atoms with Gasteiger partial charge in [-0.2, -0.15) is 0 Å². The van der Waals surface area contributed by atoms with Gasteiger partial charge in [0.15, 0.2) is 0 Å². The third kappa shape index (κ3) is 3.27. The summed E-state index contributed by atoms with van der Waals surface area (Å²) in [5.41, 5.74) is 1.74. The van der Waals surface area contributed by atoms with Crippen molar-refractivity contribution in [1.29, 1.82) is 0 Å². The molecule has 4 nitrogen and oxygen atoms in total. The number of hydrogen-bond donors (Lipinski definition) is 1. The van der Waals surface area contributed by atoms with E-state index in [4.69, 9.17) is 5.11 Å². The van der Waals surface area contributed by atoms with Crippen LogP contribution in [0.15, 0.2) is 61.2 Å². The van der Waals surface area contributed by atoms with Gasteiger partial charge in [0.2, 0.25) is 0 Å². The van der Waals surface area contributed by atoms with Crippen LogP contribution in [0.1, 0.15) is 21.5 Å². The quantitative estimate of drug-likeness (QED) is 0.740. The van der Waals surface area contributed by atoms with Crippen molar-refractivity contribution in [3.05, 3.63) is 83.7 Å². The van der Waals surface area contributed by atoms with Crippen molar-refractivity contribution in [2.24, 2.45) is 0 Å². The van der Waals surface area contributed by atoms with Gasteiger partial charge in [-0.15, -0.1) is 0 Å². The van der Waals surface area contributed by atoms with Gasteiger partial charge in [-0.25, -0.2) is 14.2 Å². The molecule has 0 bridgehead atoms. The Labute approximate surface area is 131 Å². The highest BCUT2D eigenvalue weighted by atomic mass is 19.1. The summed E-state index contributed by atoms with van der Waals surface area (Å²) in [6.45, 7) is 0. The number of aromatic nitrogens is 2. The molecule has 0 aliphatic heterocycles. The van der Waals surface area contributed by atoms with Gasteiger partial charge >= 0.3 is 5.97 Å². The third-order valence-electron chi connectivity index (χ3n) is 3.23. The fourth-order valence-corrected chi connectivity index (χ4v) is 2.02. The highest BCUT2D eigenvalue weighted by Gasteiger charge is 2.06. The van der Waals surface area contributed by atoms with Crippen LogP contribution in [-0.2, 0) is 0 Å². The molecule has 0 saturated heterocycles. The second-order valence-electron chi connectivity index (χ2n) is 4.77. The summed E-state index contributed by atoms with van der Waals surface area (Å²) in [7, 11) is 0. The lowest BCUT2D eigenvalue weighted by Crippen LogP contribution is -1.97. The Kier molecular flexibility index (Phi) is 3.89. The molecule has 0 saturated carbocycles. The van der Waals surface area contributed by atoms with E-state index >= 15 is 0 Å². The van der Waals surface area contributed by atoms with Crippen LogP contribution in [-0.4, -0.2) is 20.6 Å². The van der Waals surface area contributed by atoms with Gasteiger partial charge in [0.25, 0.3) is 0 Å². The number of benzene rings is 2. The van der Waals surface area contributed by atoms with Gasteiger partial charge in [0, 0.05) is 23.6 Å². The highest BCUT2D eigenvalue weighted by Crippen LogP contribution is 2.11. The lowest BCUT2D eigenvalue weighted by Gasteiger charge is -2.01. The zero-order valence-electron chi connectivity index (χ0n) is 11.9. The minimum Gasteiger partial charge on any atom is -0.478 e. The van der Waals surface area contributed by atoms with Gasteiger partial charge in [-0.3, -0.25) is 0 Å². The molecule has 1 heterocycles. The largest absolute Gasteiger partial charge is 0.478 e. The van der Waals surface area contributed by atoms with Crippen molar-refractivity contribution in [2.75, 3.05) is 0 Å². The Morgan fingerprint density at radius 2 is 1.91 bits per heavy atom. The molecule has 0 atom stereocenters. The minimum atomic E-state index is -1.17. The van der Waals surface area contributed by atoms with Crippen molar-refractivity contribution < 1.29 is 14.3 Å². The summed E-state index contributed by atoms with van der Waals surface area (Å²) in [5, 5.41) is 8.80. The monoisotopic (exact) mass is 306 g/mol. The summed E-state index contributed by atoms with van der Waals surface area (Å²) in [6.07, 6.45) is 5.22. The SMILES string of the molecule is O=C(O)c1ccc(C#Cc2ccc(-n3ccnc3)cc2)c(F)c1. The van der Waals surface area contributed by atoms with E-state index in [9.17, 15) is 9.18 Å². The van der Waals surface area contributed by atoms with Crippen LogP contribution in [0, 0.1) is 17.7 Å². The van der Waals surface area contributed by atoms with Crippen LogP contribution in [0.25, 0.3) is 5.69 Å². The molecule has 3 aromatic rings.